The van der Waals surface area contributed by atoms with Crippen molar-refractivity contribution in [2.24, 2.45) is 0 Å². The average molecular weight is 215 g/mol. The maximum Gasteiger partial charge on any atom is 0.0558 e. The summed E-state index contributed by atoms with van der Waals surface area (Å²) in [7, 11) is 0. The molecule has 0 atom stereocenters. The van der Waals surface area contributed by atoms with E-state index < -0.39 is 0 Å². The van der Waals surface area contributed by atoms with Gasteiger partial charge in [0.2, 0.25) is 0 Å². The Balaban J connectivity index is 2.34. The van der Waals surface area contributed by atoms with E-state index in [1.807, 2.05) is 6.07 Å². The minimum atomic E-state index is 0.177. The van der Waals surface area contributed by atoms with Crippen LogP contribution in [0.25, 0.3) is 0 Å². The van der Waals surface area contributed by atoms with Crippen molar-refractivity contribution in [3.05, 3.63) is 22.4 Å². The summed E-state index contributed by atoms with van der Waals surface area (Å²) < 4.78 is 0. The molecule has 0 aliphatic heterocycles. The van der Waals surface area contributed by atoms with E-state index in [9.17, 15) is 0 Å². The van der Waals surface area contributed by atoms with Crippen LogP contribution in [0.5, 0.6) is 0 Å². The van der Waals surface area contributed by atoms with Gasteiger partial charge < -0.3 is 10.2 Å². The second kappa shape index (κ2) is 6.95. The molecule has 0 radical (unpaired) electrons. The fourth-order valence-electron chi connectivity index (χ4n) is 1.33. The maximum absolute atomic E-state index is 8.86. The minimum absolute atomic E-state index is 0.177. The van der Waals surface area contributed by atoms with Gasteiger partial charge in [-0.1, -0.05) is 6.07 Å². The van der Waals surface area contributed by atoms with Crippen LogP contribution in [0.15, 0.2) is 17.5 Å². The largest absolute Gasteiger partial charge is 0.396 e. The van der Waals surface area contributed by atoms with Gasteiger partial charge in [-0.05, 0) is 17.9 Å². The number of rotatable bonds is 7. The fourth-order valence-corrected chi connectivity index (χ4v) is 2.07. The molecule has 3 nitrogen and oxygen atoms in total. The molecule has 1 heterocycles. The van der Waals surface area contributed by atoms with Crippen molar-refractivity contribution in [3.63, 3.8) is 0 Å². The smallest absolute Gasteiger partial charge is 0.0558 e. The summed E-state index contributed by atoms with van der Waals surface area (Å²) in [5.41, 5.74) is 0. The number of thiophene rings is 1. The first-order valence-corrected chi connectivity index (χ1v) is 5.71. The number of nitrogens with zero attached hydrogens (tertiary/aromatic N) is 1. The standard InChI is InChI=1S/C10H17NO2S/c12-6-2-4-11(5-7-13)9-10-3-1-8-14-10/h1,3,8,12-13H,2,4-7,9H2. The van der Waals surface area contributed by atoms with Crippen molar-refractivity contribution in [1.82, 2.24) is 4.90 Å². The maximum atomic E-state index is 8.86. The first-order valence-electron chi connectivity index (χ1n) is 4.83. The van der Waals surface area contributed by atoms with Gasteiger partial charge in [-0.25, -0.2) is 0 Å². The van der Waals surface area contributed by atoms with Crippen molar-refractivity contribution >= 4 is 11.3 Å². The molecule has 0 aliphatic carbocycles. The number of aliphatic hydroxyl groups excluding tert-OH is 2. The Bertz CT molecular complexity index is 226. The zero-order valence-electron chi connectivity index (χ0n) is 8.22. The summed E-state index contributed by atoms with van der Waals surface area (Å²) in [5.74, 6) is 0. The SMILES string of the molecule is OCCCN(CCO)Cc1cccs1. The van der Waals surface area contributed by atoms with E-state index in [0.29, 0.717) is 6.54 Å². The third kappa shape index (κ3) is 4.19. The molecule has 0 aromatic carbocycles. The van der Waals surface area contributed by atoms with Gasteiger partial charge in [-0.15, -0.1) is 11.3 Å². The van der Waals surface area contributed by atoms with Crippen LogP contribution in [0.1, 0.15) is 11.3 Å². The van der Waals surface area contributed by atoms with Gasteiger partial charge in [0.15, 0.2) is 0 Å². The van der Waals surface area contributed by atoms with Gasteiger partial charge in [0.25, 0.3) is 0 Å². The Labute approximate surface area is 88.6 Å². The van der Waals surface area contributed by atoms with E-state index in [-0.39, 0.29) is 13.2 Å². The van der Waals surface area contributed by atoms with Gasteiger partial charge in [-0.2, -0.15) is 0 Å². The van der Waals surface area contributed by atoms with E-state index in [2.05, 4.69) is 16.3 Å². The third-order valence-corrected chi connectivity index (χ3v) is 2.87. The van der Waals surface area contributed by atoms with E-state index in [1.165, 1.54) is 4.88 Å². The fraction of sp³-hybridized carbons (Fsp3) is 0.600. The van der Waals surface area contributed by atoms with Gasteiger partial charge >= 0.3 is 0 Å². The van der Waals surface area contributed by atoms with Crippen LogP contribution in [0.4, 0.5) is 0 Å². The molecule has 80 valence electrons. The molecule has 0 bridgehead atoms. The quantitative estimate of drug-likeness (QED) is 0.711. The second-order valence-electron chi connectivity index (χ2n) is 3.16. The molecule has 0 saturated heterocycles. The zero-order chi connectivity index (χ0) is 10.2. The van der Waals surface area contributed by atoms with Crippen LogP contribution in [-0.4, -0.2) is 41.4 Å². The van der Waals surface area contributed by atoms with Crippen LogP contribution in [0, 0.1) is 0 Å². The lowest BCUT2D eigenvalue weighted by atomic mass is 10.3. The molecule has 0 fully saturated rings. The highest BCUT2D eigenvalue weighted by Crippen LogP contribution is 2.11. The summed E-state index contributed by atoms with van der Waals surface area (Å²) >= 11 is 1.72. The van der Waals surface area contributed by atoms with Crippen LogP contribution >= 0.6 is 11.3 Å². The molecule has 4 heteroatoms. The average Bonchev–Trinajstić information content (AvgIpc) is 2.67. The van der Waals surface area contributed by atoms with Crippen molar-refractivity contribution in [1.29, 1.82) is 0 Å². The minimum Gasteiger partial charge on any atom is -0.396 e. The Kier molecular flexibility index (Phi) is 5.78. The van der Waals surface area contributed by atoms with Gasteiger partial charge in [-0.3, -0.25) is 4.90 Å². The van der Waals surface area contributed by atoms with Gasteiger partial charge in [0.1, 0.15) is 0 Å². The molecule has 14 heavy (non-hydrogen) atoms. The first-order chi connectivity index (χ1) is 6.86. The van der Waals surface area contributed by atoms with Crippen LogP contribution in [0.3, 0.4) is 0 Å². The molecular formula is C10H17NO2S. The Morgan fingerprint density at radius 1 is 1.21 bits per heavy atom. The highest BCUT2D eigenvalue weighted by atomic mass is 32.1. The first kappa shape index (κ1) is 11.7. The van der Waals surface area contributed by atoms with Crippen molar-refractivity contribution in [3.8, 4) is 0 Å². The Morgan fingerprint density at radius 3 is 2.64 bits per heavy atom. The van der Waals surface area contributed by atoms with Crippen LogP contribution < -0.4 is 0 Å². The number of aliphatic hydroxyl groups is 2. The molecule has 0 aliphatic rings. The molecule has 0 saturated carbocycles. The topological polar surface area (TPSA) is 43.7 Å². The monoisotopic (exact) mass is 215 g/mol. The normalized spacial score (nSPS) is 11.1. The van der Waals surface area contributed by atoms with Crippen LogP contribution in [-0.2, 0) is 6.54 Å². The van der Waals surface area contributed by atoms with Crippen molar-refractivity contribution in [2.45, 2.75) is 13.0 Å². The molecule has 0 spiro atoms. The predicted molar refractivity (Wildman–Crippen MR) is 58.4 cm³/mol. The van der Waals surface area contributed by atoms with Crippen molar-refractivity contribution < 1.29 is 10.2 Å². The molecule has 0 amide bonds. The van der Waals surface area contributed by atoms with Crippen LogP contribution in [0.2, 0.25) is 0 Å². The highest BCUT2D eigenvalue weighted by molar-refractivity contribution is 7.09. The molecule has 1 aromatic rings. The molecular weight excluding hydrogens is 198 g/mol. The second-order valence-corrected chi connectivity index (χ2v) is 4.19. The van der Waals surface area contributed by atoms with Crippen molar-refractivity contribution in [2.75, 3.05) is 26.3 Å². The third-order valence-electron chi connectivity index (χ3n) is 2.01. The van der Waals surface area contributed by atoms with E-state index in [1.54, 1.807) is 11.3 Å². The molecule has 1 aromatic heterocycles. The molecule has 1 rings (SSSR count). The summed E-state index contributed by atoms with van der Waals surface area (Å²) in [6.07, 6.45) is 0.769. The lowest BCUT2D eigenvalue weighted by molar-refractivity contribution is 0.175. The lowest BCUT2D eigenvalue weighted by Crippen LogP contribution is -2.27. The van der Waals surface area contributed by atoms with E-state index in [4.69, 9.17) is 10.2 Å². The highest BCUT2D eigenvalue weighted by Gasteiger charge is 2.05. The van der Waals surface area contributed by atoms with E-state index >= 15 is 0 Å². The Hall–Kier alpha value is -0.420. The summed E-state index contributed by atoms with van der Waals surface area (Å²) in [4.78, 5) is 3.46. The predicted octanol–water partition coefficient (Wildman–Crippen LogP) is 0.925. The van der Waals surface area contributed by atoms with Gasteiger partial charge in [0, 0.05) is 31.1 Å². The summed E-state index contributed by atoms with van der Waals surface area (Å²) in [6.45, 7) is 2.79. The lowest BCUT2D eigenvalue weighted by Gasteiger charge is -2.19. The van der Waals surface area contributed by atoms with E-state index in [0.717, 1.165) is 19.5 Å². The van der Waals surface area contributed by atoms with Gasteiger partial charge in [0.05, 0.1) is 6.61 Å². The summed E-state index contributed by atoms with van der Waals surface area (Å²) in [6, 6.07) is 4.12. The molecule has 2 N–H and O–H groups in total. The zero-order valence-corrected chi connectivity index (χ0v) is 9.04. The summed E-state index contributed by atoms with van der Waals surface area (Å²) in [5, 5.41) is 19.6. The Morgan fingerprint density at radius 2 is 2.07 bits per heavy atom. The number of hydrogen-bond acceptors (Lipinski definition) is 4. The molecule has 0 unspecified atom stereocenters. The number of hydrogen-bond donors (Lipinski definition) is 2.